The smallest absolute Gasteiger partial charge is 0.253 e. The number of fused-ring (bicyclic) bond motifs is 1. The van der Waals surface area contributed by atoms with Crippen molar-refractivity contribution >= 4 is 17.4 Å². The highest BCUT2D eigenvalue weighted by Crippen LogP contribution is 2.25. The Morgan fingerprint density at radius 3 is 2.24 bits per heavy atom. The lowest BCUT2D eigenvalue weighted by Crippen LogP contribution is -2.31. The van der Waals surface area contributed by atoms with Gasteiger partial charge in [-0.2, -0.15) is 5.10 Å². The first kappa shape index (κ1) is 20.6. The first-order valence-corrected chi connectivity index (χ1v) is 10.4. The Balaban J connectivity index is 1.47. The summed E-state index contributed by atoms with van der Waals surface area (Å²) in [7, 11) is 0. The Labute approximate surface area is 188 Å². The van der Waals surface area contributed by atoms with E-state index in [9.17, 15) is 13.6 Å². The molecule has 1 aliphatic heterocycles. The van der Waals surface area contributed by atoms with Gasteiger partial charge in [0.15, 0.2) is 0 Å². The van der Waals surface area contributed by atoms with E-state index in [4.69, 9.17) is 0 Å². The predicted octanol–water partition coefficient (Wildman–Crippen LogP) is 4.51. The molecule has 0 aliphatic carbocycles. The quantitative estimate of drug-likeness (QED) is 0.314. The van der Waals surface area contributed by atoms with Crippen molar-refractivity contribution in [1.29, 1.82) is 0 Å². The van der Waals surface area contributed by atoms with Crippen molar-refractivity contribution in [2.24, 2.45) is 5.10 Å². The zero-order valence-electron chi connectivity index (χ0n) is 17.4. The van der Waals surface area contributed by atoms with Crippen molar-refractivity contribution in [2.45, 2.75) is 6.42 Å². The zero-order valence-corrected chi connectivity index (χ0v) is 17.4. The van der Waals surface area contributed by atoms with Crippen molar-refractivity contribution in [3.05, 3.63) is 107 Å². The van der Waals surface area contributed by atoms with Gasteiger partial charge in [-0.15, -0.1) is 0 Å². The molecule has 5 rings (SSSR count). The van der Waals surface area contributed by atoms with E-state index in [2.05, 4.69) is 25.8 Å². The van der Waals surface area contributed by atoms with Crippen LogP contribution in [0.3, 0.4) is 0 Å². The maximum Gasteiger partial charge on any atom is 0.253 e. The van der Waals surface area contributed by atoms with Crippen LogP contribution in [-0.4, -0.2) is 28.1 Å². The average molecular weight is 443 g/mol. The maximum atomic E-state index is 13.4. The molecule has 1 aliphatic rings. The molecule has 2 aromatic carbocycles. The van der Waals surface area contributed by atoms with Gasteiger partial charge in [0.05, 0.1) is 11.3 Å². The van der Waals surface area contributed by atoms with Gasteiger partial charge in [0.1, 0.15) is 17.5 Å². The Morgan fingerprint density at radius 2 is 1.61 bits per heavy atom. The van der Waals surface area contributed by atoms with E-state index in [1.807, 2.05) is 18.2 Å². The molecule has 3 N–H and O–H groups in total. The topological polar surface area (TPSA) is 82.2 Å². The Bertz CT molecular complexity index is 1300. The van der Waals surface area contributed by atoms with Gasteiger partial charge in [0.2, 0.25) is 0 Å². The van der Waals surface area contributed by atoms with Crippen LogP contribution in [0.1, 0.15) is 27.2 Å². The molecule has 0 saturated heterocycles. The SMILES string of the molecule is O=C1NCCc2[nH]c(-c3ccnc(NN=C(c4ccc(F)cc4)c4ccc(F)cc4)c3)cc21. The number of nitrogens with zero attached hydrogens (tertiary/aromatic N) is 2. The fraction of sp³-hybridized carbons (Fsp3) is 0.0800. The van der Waals surface area contributed by atoms with Crippen LogP contribution in [0.4, 0.5) is 14.6 Å². The van der Waals surface area contributed by atoms with Crippen molar-refractivity contribution < 1.29 is 13.6 Å². The van der Waals surface area contributed by atoms with E-state index in [-0.39, 0.29) is 17.5 Å². The van der Waals surface area contributed by atoms with Crippen LogP contribution >= 0.6 is 0 Å². The number of nitrogens with one attached hydrogen (secondary N) is 3. The van der Waals surface area contributed by atoms with Crippen LogP contribution in [0.15, 0.2) is 78.0 Å². The van der Waals surface area contributed by atoms with Gasteiger partial charge in [-0.05, 0) is 66.7 Å². The highest BCUT2D eigenvalue weighted by Gasteiger charge is 2.20. The Hall–Kier alpha value is -4.33. The summed E-state index contributed by atoms with van der Waals surface area (Å²) in [4.78, 5) is 19.7. The number of benzene rings is 2. The molecule has 0 radical (unpaired) electrons. The summed E-state index contributed by atoms with van der Waals surface area (Å²) in [5.41, 5.74) is 7.99. The molecule has 2 aromatic heterocycles. The number of carbonyl (C=O) groups excluding carboxylic acids is 1. The molecule has 8 heteroatoms. The first-order chi connectivity index (χ1) is 16.1. The first-order valence-electron chi connectivity index (χ1n) is 10.4. The van der Waals surface area contributed by atoms with Crippen LogP contribution < -0.4 is 10.7 Å². The number of hydrogen-bond acceptors (Lipinski definition) is 4. The monoisotopic (exact) mass is 443 g/mol. The van der Waals surface area contributed by atoms with E-state index in [1.54, 1.807) is 30.5 Å². The van der Waals surface area contributed by atoms with E-state index in [0.29, 0.717) is 34.8 Å². The molecule has 0 fully saturated rings. The minimum atomic E-state index is -0.359. The summed E-state index contributed by atoms with van der Waals surface area (Å²) in [6, 6.07) is 17.3. The van der Waals surface area contributed by atoms with Gasteiger partial charge in [0, 0.05) is 47.2 Å². The van der Waals surface area contributed by atoms with Gasteiger partial charge in [-0.1, -0.05) is 0 Å². The minimum absolute atomic E-state index is 0.0843. The van der Waals surface area contributed by atoms with E-state index >= 15 is 0 Å². The zero-order chi connectivity index (χ0) is 22.8. The number of hydrazone groups is 1. The normalized spacial score (nSPS) is 12.6. The second-order valence-electron chi connectivity index (χ2n) is 7.60. The van der Waals surface area contributed by atoms with Crippen LogP contribution in [0, 0.1) is 11.6 Å². The molecule has 3 heterocycles. The molecular weight excluding hydrogens is 424 g/mol. The lowest BCUT2D eigenvalue weighted by molar-refractivity contribution is 0.0946. The third kappa shape index (κ3) is 4.36. The number of anilines is 1. The van der Waals surface area contributed by atoms with Gasteiger partial charge in [-0.25, -0.2) is 13.8 Å². The fourth-order valence-corrected chi connectivity index (χ4v) is 3.73. The number of hydrogen-bond donors (Lipinski definition) is 3. The predicted molar refractivity (Wildman–Crippen MR) is 122 cm³/mol. The third-order valence-electron chi connectivity index (χ3n) is 5.39. The molecule has 1 amide bonds. The number of aromatic amines is 1. The maximum absolute atomic E-state index is 13.4. The number of amides is 1. The van der Waals surface area contributed by atoms with Gasteiger partial charge >= 0.3 is 0 Å². The highest BCUT2D eigenvalue weighted by atomic mass is 19.1. The molecule has 0 atom stereocenters. The van der Waals surface area contributed by atoms with E-state index < -0.39 is 0 Å². The molecular formula is C25H19F2N5O. The Kier molecular flexibility index (Phi) is 5.40. The molecule has 0 unspecified atom stereocenters. The fourth-order valence-electron chi connectivity index (χ4n) is 3.73. The van der Waals surface area contributed by atoms with Crippen molar-refractivity contribution in [3.63, 3.8) is 0 Å². The highest BCUT2D eigenvalue weighted by molar-refractivity contribution is 6.13. The van der Waals surface area contributed by atoms with Crippen LogP contribution in [0.2, 0.25) is 0 Å². The lowest BCUT2D eigenvalue weighted by Gasteiger charge is -2.11. The standard InChI is InChI=1S/C25H19F2N5O/c26-18-5-1-15(2-6-18)24(16-3-7-19(27)8-4-16)32-31-23-13-17(9-11-28-23)22-14-20-21(30-22)10-12-29-25(20)33/h1-9,11,13-14,30H,10,12H2,(H,28,31)(H,29,33). The number of aromatic nitrogens is 2. The molecule has 164 valence electrons. The molecule has 6 nitrogen and oxygen atoms in total. The van der Waals surface area contributed by atoms with E-state index in [0.717, 1.165) is 23.4 Å². The third-order valence-corrected chi connectivity index (χ3v) is 5.39. The van der Waals surface area contributed by atoms with E-state index in [1.165, 1.54) is 24.3 Å². The van der Waals surface area contributed by atoms with Crippen molar-refractivity contribution in [1.82, 2.24) is 15.3 Å². The average Bonchev–Trinajstić information content (AvgIpc) is 3.28. The largest absolute Gasteiger partial charge is 0.358 e. The van der Waals surface area contributed by atoms with Crippen LogP contribution in [0.25, 0.3) is 11.3 Å². The number of pyridine rings is 1. The minimum Gasteiger partial charge on any atom is -0.358 e. The molecule has 0 spiro atoms. The molecule has 33 heavy (non-hydrogen) atoms. The number of halogens is 2. The number of rotatable bonds is 5. The van der Waals surface area contributed by atoms with Crippen molar-refractivity contribution in [2.75, 3.05) is 12.0 Å². The summed E-state index contributed by atoms with van der Waals surface area (Å²) in [6.07, 6.45) is 2.39. The van der Waals surface area contributed by atoms with Crippen LogP contribution in [0.5, 0.6) is 0 Å². The van der Waals surface area contributed by atoms with Crippen LogP contribution in [-0.2, 0) is 6.42 Å². The second-order valence-corrected chi connectivity index (χ2v) is 7.60. The lowest BCUT2D eigenvalue weighted by atomic mass is 10.0. The van der Waals surface area contributed by atoms with Gasteiger partial charge in [-0.3, -0.25) is 10.2 Å². The molecule has 4 aromatic rings. The summed E-state index contributed by atoms with van der Waals surface area (Å²) >= 11 is 0. The number of H-pyrrole nitrogens is 1. The summed E-state index contributed by atoms with van der Waals surface area (Å²) in [5, 5.41) is 7.33. The molecule has 0 saturated carbocycles. The van der Waals surface area contributed by atoms with Gasteiger partial charge in [0.25, 0.3) is 5.91 Å². The molecule has 0 bridgehead atoms. The Morgan fingerprint density at radius 1 is 0.939 bits per heavy atom. The summed E-state index contributed by atoms with van der Waals surface area (Å²) in [5.74, 6) is -0.325. The number of carbonyl (C=O) groups is 1. The summed E-state index contributed by atoms with van der Waals surface area (Å²) < 4.78 is 26.9. The summed E-state index contributed by atoms with van der Waals surface area (Å²) in [6.45, 7) is 0.610. The second kappa shape index (κ2) is 8.66. The van der Waals surface area contributed by atoms with Gasteiger partial charge < -0.3 is 10.3 Å². The van der Waals surface area contributed by atoms with Crippen molar-refractivity contribution in [3.8, 4) is 11.3 Å².